The summed E-state index contributed by atoms with van der Waals surface area (Å²) in [5, 5.41) is -0.960. The van der Waals surface area contributed by atoms with E-state index < -0.39 is 22.8 Å². The number of alkyl halides is 3. The molecule has 0 bridgehead atoms. The smallest absolute Gasteiger partial charge is 0.275 e. The molecule has 0 aliphatic rings. The maximum Gasteiger partial charge on any atom is 0.416 e. The number of carbonyl (C=O) groups is 1. The minimum absolute atomic E-state index is 0.201. The van der Waals surface area contributed by atoms with Crippen molar-refractivity contribution >= 4 is 16.8 Å². The highest BCUT2D eigenvalue weighted by atomic mass is 35.5. The van der Waals surface area contributed by atoms with Gasteiger partial charge < -0.3 is 0 Å². The fourth-order valence-corrected chi connectivity index (χ4v) is 1.88. The Bertz CT molecular complexity index is 664. The van der Waals surface area contributed by atoms with Gasteiger partial charge in [0.1, 0.15) is 5.82 Å². The fourth-order valence-electron chi connectivity index (χ4n) is 1.73. The van der Waals surface area contributed by atoms with Crippen LogP contribution in [0.15, 0.2) is 42.5 Å². The summed E-state index contributed by atoms with van der Waals surface area (Å²) in [6, 6.07) is 7.95. The number of benzene rings is 2. The van der Waals surface area contributed by atoms with Gasteiger partial charge in [-0.2, -0.15) is 13.2 Å². The molecule has 2 aromatic carbocycles. The van der Waals surface area contributed by atoms with Crippen LogP contribution in [0.2, 0.25) is 0 Å². The van der Waals surface area contributed by atoms with Gasteiger partial charge in [0.15, 0.2) is 0 Å². The van der Waals surface area contributed by atoms with E-state index in [0.717, 1.165) is 24.3 Å². The molecule has 0 saturated carbocycles. The number of rotatable bonds is 2. The molecule has 0 unspecified atom stereocenters. The minimum Gasteiger partial charge on any atom is -0.275 e. The number of halogens is 5. The highest BCUT2D eigenvalue weighted by Gasteiger charge is 2.30. The second-order valence-corrected chi connectivity index (χ2v) is 4.39. The van der Waals surface area contributed by atoms with Gasteiger partial charge in [-0.15, -0.1) is 0 Å². The summed E-state index contributed by atoms with van der Waals surface area (Å²) in [6.45, 7) is 0. The Balaban J connectivity index is 2.47. The number of hydrogen-bond donors (Lipinski definition) is 0. The normalized spacial score (nSPS) is 11.4. The SMILES string of the molecule is O=C(Cl)c1ccc(-c2cccc(C(F)(F)F)c2)cc1F. The van der Waals surface area contributed by atoms with Crippen molar-refractivity contribution in [3.05, 3.63) is 59.4 Å². The van der Waals surface area contributed by atoms with Crippen LogP contribution in [0, 0.1) is 5.82 Å². The molecule has 1 nitrogen and oxygen atoms in total. The van der Waals surface area contributed by atoms with E-state index in [4.69, 9.17) is 11.6 Å². The maximum atomic E-state index is 13.6. The molecule has 104 valence electrons. The first-order valence-corrected chi connectivity index (χ1v) is 5.84. The van der Waals surface area contributed by atoms with Gasteiger partial charge in [-0.1, -0.05) is 18.2 Å². The first-order chi connectivity index (χ1) is 9.29. The number of hydrogen-bond acceptors (Lipinski definition) is 1. The lowest BCUT2D eigenvalue weighted by Crippen LogP contribution is -2.04. The average Bonchev–Trinajstić information content (AvgIpc) is 2.37. The average molecular weight is 303 g/mol. The highest BCUT2D eigenvalue weighted by Crippen LogP contribution is 2.32. The van der Waals surface area contributed by atoms with E-state index in [1.165, 1.54) is 18.2 Å². The van der Waals surface area contributed by atoms with Crippen LogP contribution in [0.1, 0.15) is 15.9 Å². The summed E-state index contributed by atoms with van der Waals surface area (Å²) in [4.78, 5) is 10.9. The fraction of sp³-hybridized carbons (Fsp3) is 0.0714. The lowest BCUT2D eigenvalue weighted by atomic mass is 10.0. The summed E-state index contributed by atoms with van der Waals surface area (Å²) < 4.78 is 51.4. The Kier molecular flexibility index (Phi) is 3.81. The zero-order valence-corrected chi connectivity index (χ0v) is 10.6. The second kappa shape index (κ2) is 5.25. The van der Waals surface area contributed by atoms with Crippen LogP contribution in [-0.4, -0.2) is 5.24 Å². The maximum absolute atomic E-state index is 13.6. The van der Waals surface area contributed by atoms with Gasteiger partial charge in [-0.3, -0.25) is 4.79 Å². The summed E-state index contributed by atoms with van der Waals surface area (Å²) in [7, 11) is 0. The van der Waals surface area contributed by atoms with Crippen molar-refractivity contribution < 1.29 is 22.4 Å². The van der Waals surface area contributed by atoms with E-state index >= 15 is 0 Å². The molecule has 0 amide bonds. The molecule has 2 aromatic rings. The molecule has 0 radical (unpaired) electrons. The Morgan fingerprint density at radius 1 is 1.00 bits per heavy atom. The van der Waals surface area contributed by atoms with E-state index in [9.17, 15) is 22.4 Å². The van der Waals surface area contributed by atoms with Gasteiger partial charge >= 0.3 is 6.18 Å². The van der Waals surface area contributed by atoms with Crippen LogP contribution >= 0.6 is 11.6 Å². The molecule has 0 spiro atoms. The quantitative estimate of drug-likeness (QED) is 0.570. The molecule has 0 aliphatic heterocycles. The predicted molar refractivity (Wildman–Crippen MR) is 67.0 cm³/mol. The standard InChI is InChI=1S/C14H7ClF4O/c15-13(20)11-5-4-9(7-12(11)16)8-2-1-3-10(6-8)14(17,18)19/h1-7H. The largest absolute Gasteiger partial charge is 0.416 e. The van der Waals surface area contributed by atoms with Crippen LogP contribution in [0.5, 0.6) is 0 Å². The molecule has 0 atom stereocenters. The molecule has 0 aromatic heterocycles. The third-order valence-electron chi connectivity index (χ3n) is 2.70. The lowest BCUT2D eigenvalue weighted by molar-refractivity contribution is -0.137. The van der Waals surface area contributed by atoms with Gasteiger partial charge in [0.05, 0.1) is 11.1 Å². The molecular formula is C14H7ClF4O. The van der Waals surface area contributed by atoms with E-state index in [1.807, 2.05) is 0 Å². The monoisotopic (exact) mass is 302 g/mol. The van der Waals surface area contributed by atoms with Crippen LogP contribution in [0.3, 0.4) is 0 Å². The van der Waals surface area contributed by atoms with E-state index in [-0.39, 0.29) is 16.7 Å². The van der Waals surface area contributed by atoms with Crippen LogP contribution in [0.4, 0.5) is 17.6 Å². The van der Waals surface area contributed by atoms with E-state index in [1.54, 1.807) is 0 Å². The Morgan fingerprint density at radius 2 is 1.65 bits per heavy atom. The Labute approximate surface area is 116 Å². The van der Waals surface area contributed by atoms with Crippen LogP contribution in [0.25, 0.3) is 11.1 Å². The summed E-state index contributed by atoms with van der Waals surface area (Å²) >= 11 is 5.16. The molecule has 2 rings (SSSR count). The minimum atomic E-state index is -4.47. The van der Waals surface area contributed by atoms with Gasteiger partial charge in [-0.25, -0.2) is 4.39 Å². The molecule has 0 heterocycles. The molecule has 0 aliphatic carbocycles. The van der Waals surface area contributed by atoms with Crippen molar-refractivity contribution in [3.8, 4) is 11.1 Å². The van der Waals surface area contributed by atoms with E-state index in [0.29, 0.717) is 0 Å². The molecule has 0 saturated heterocycles. The van der Waals surface area contributed by atoms with Crippen molar-refractivity contribution in [2.45, 2.75) is 6.18 Å². The third kappa shape index (κ3) is 2.99. The summed E-state index contributed by atoms with van der Waals surface area (Å²) in [6.07, 6.45) is -4.47. The van der Waals surface area contributed by atoms with Crippen LogP contribution < -0.4 is 0 Å². The number of carbonyl (C=O) groups excluding carboxylic acids is 1. The lowest BCUT2D eigenvalue weighted by Gasteiger charge is -2.09. The first-order valence-electron chi connectivity index (χ1n) is 5.46. The Morgan fingerprint density at radius 3 is 2.20 bits per heavy atom. The van der Waals surface area contributed by atoms with Gasteiger partial charge in [0.2, 0.25) is 0 Å². The van der Waals surface area contributed by atoms with Crippen molar-refractivity contribution in [2.75, 3.05) is 0 Å². The van der Waals surface area contributed by atoms with Crippen molar-refractivity contribution in [2.24, 2.45) is 0 Å². The van der Waals surface area contributed by atoms with Gasteiger partial charge in [0, 0.05) is 0 Å². The molecule has 0 fully saturated rings. The highest BCUT2D eigenvalue weighted by molar-refractivity contribution is 6.67. The molecular weight excluding hydrogens is 296 g/mol. The third-order valence-corrected chi connectivity index (χ3v) is 2.91. The van der Waals surface area contributed by atoms with Crippen LogP contribution in [-0.2, 0) is 6.18 Å². The Hall–Kier alpha value is -1.88. The molecule has 0 N–H and O–H groups in total. The second-order valence-electron chi connectivity index (χ2n) is 4.05. The van der Waals surface area contributed by atoms with Gasteiger partial charge in [0.25, 0.3) is 5.24 Å². The summed E-state index contributed by atoms with van der Waals surface area (Å²) in [5.74, 6) is -0.875. The van der Waals surface area contributed by atoms with Gasteiger partial charge in [-0.05, 0) is 47.0 Å². The zero-order valence-electron chi connectivity index (χ0n) is 9.84. The topological polar surface area (TPSA) is 17.1 Å². The predicted octanol–water partition coefficient (Wildman–Crippen LogP) is 4.89. The molecule has 20 heavy (non-hydrogen) atoms. The zero-order chi connectivity index (χ0) is 14.9. The van der Waals surface area contributed by atoms with Crippen molar-refractivity contribution in [1.29, 1.82) is 0 Å². The van der Waals surface area contributed by atoms with Crippen molar-refractivity contribution in [1.82, 2.24) is 0 Å². The van der Waals surface area contributed by atoms with E-state index in [2.05, 4.69) is 0 Å². The molecule has 6 heteroatoms. The van der Waals surface area contributed by atoms with Crippen molar-refractivity contribution in [3.63, 3.8) is 0 Å². The first kappa shape index (κ1) is 14.5. The summed E-state index contributed by atoms with van der Waals surface area (Å²) in [5.41, 5.74) is -0.710.